The molecule has 1 rings (SSSR count). The highest BCUT2D eigenvalue weighted by molar-refractivity contribution is 6.14. The number of primary amides is 4. The van der Waals surface area contributed by atoms with Gasteiger partial charge in [0.05, 0.1) is 7.11 Å². The molecule has 11 nitrogen and oxygen atoms in total. The molecule has 1 aliphatic rings. The number of hydrogen-bond acceptors (Lipinski definition) is 7. The molecule has 19 heavy (non-hydrogen) atoms. The molecule has 11 heteroatoms. The Balaban J connectivity index is 3.45. The Hall–Kier alpha value is -2.24. The van der Waals surface area contributed by atoms with Crippen molar-refractivity contribution >= 4 is 23.6 Å². The van der Waals surface area contributed by atoms with E-state index in [4.69, 9.17) is 27.8 Å². The molecule has 0 aromatic carbocycles. The molecule has 8 N–H and O–H groups in total. The Labute approximate surface area is 106 Å². The first-order valence-electron chi connectivity index (χ1n) is 4.88. The second kappa shape index (κ2) is 4.46. The number of hydrogen-bond donors (Lipinski definition) is 4. The number of carbonyl (C=O) groups excluding carboxylic acids is 4. The number of rotatable bonds is 5. The summed E-state index contributed by atoms with van der Waals surface area (Å²) in [6.07, 6.45) is -0.872. The summed E-state index contributed by atoms with van der Waals surface area (Å²) in [5.74, 6) is -5.20. The molecule has 0 aromatic heterocycles. The summed E-state index contributed by atoms with van der Waals surface area (Å²) >= 11 is 0. The summed E-state index contributed by atoms with van der Waals surface area (Å²) in [6, 6.07) is 0. The highest BCUT2D eigenvalue weighted by Gasteiger charge is 2.68. The van der Waals surface area contributed by atoms with Crippen LogP contribution in [0.25, 0.3) is 0 Å². The van der Waals surface area contributed by atoms with E-state index in [-0.39, 0.29) is 5.23 Å². The predicted octanol–water partition coefficient (Wildman–Crippen LogP) is -4.40. The van der Waals surface area contributed by atoms with Gasteiger partial charge < -0.3 is 22.9 Å². The van der Waals surface area contributed by atoms with Crippen LogP contribution in [-0.2, 0) is 28.9 Å². The zero-order chi connectivity index (χ0) is 15.0. The summed E-state index contributed by atoms with van der Waals surface area (Å²) in [5.41, 5.74) is 15.4. The fourth-order valence-electron chi connectivity index (χ4n) is 1.73. The van der Waals surface area contributed by atoms with E-state index in [2.05, 4.69) is 4.84 Å². The van der Waals surface area contributed by atoms with Crippen LogP contribution in [0, 0.1) is 0 Å². The van der Waals surface area contributed by atoms with Crippen molar-refractivity contribution in [3.05, 3.63) is 0 Å². The van der Waals surface area contributed by atoms with Crippen molar-refractivity contribution in [2.45, 2.75) is 17.6 Å². The van der Waals surface area contributed by atoms with Crippen LogP contribution < -0.4 is 22.9 Å². The van der Waals surface area contributed by atoms with Crippen LogP contribution in [-0.4, -0.2) is 47.1 Å². The Morgan fingerprint density at radius 1 is 1.00 bits per heavy atom. The van der Waals surface area contributed by atoms with Gasteiger partial charge in [-0.2, -0.15) is 0 Å². The van der Waals surface area contributed by atoms with Crippen LogP contribution in [0.3, 0.4) is 0 Å². The molecule has 0 unspecified atom stereocenters. The van der Waals surface area contributed by atoms with Gasteiger partial charge in [0.15, 0.2) is 0 Å². The molecule has 0 aromatic rings. The maximum absolute atomic E-state index is 11.5. The van der Waals surface area contributed by atoms with Gasteiger partial charge in [-0.15, -0.1) is 0 Å². The molecule has 0 spiro atoms. The molecule has 0 bridgehead atoms. The maximum Gasteiger partial charge on any atom is 0.261 e. The Morgan fingerprint density at radius 2 is 1.42 bits per heavy atom. The van der Waals surface area contributed by atoms with Gasteiger partial charge >= 0.3 is 0 Å². The van der Waals surface area contributed by atoms with E-state index >= 15 is 0 Å². The lowest BCUT2D eigenvalue weighted by Crippen LogP contribution is -2.62. The number of nitrogens with zero attached hydrogens (tertiary/aromatic N) is 1. The van der Waals surface area contributed by atoms with Gasteiger partial charge in [0.2, 0.25) is 11.1 Å². The summed E-state index contributed by atoms with van der Waals surface area (Å²) in [4.78, 5) is 55.1. The van der Waals surface area contributed by atoms with Crippen molar-refractivity contribution in [3.8, 4) is 0 Å². The van der Waals surface area contributed by atoms with Crippen LogP contribution in [0.4, 0.5) is 0 Å². The van der Waals surface area contributed by atoms with Gasteiger partial charge in [-0.3, -0.25) is 24.0 Å². The average molecular weight is 275 g/mol. The molecule has 1 fully saturated rings. The van der Waals surface area contributed by atoms with Crippen LogP contribution in [0.15, 0.2) is 0 Å². The lowest BCUT2D eigenvalue weighted by Gasteiger charge is -2.27. The van der Waals surface area contributed by atoms with E-state index in [0.29, 0.717) is 0 Å². The van der Waals surface area contributed by atoms with Crippen molar-refractivity contribution in [3.63, 3.8) is 0 Å². The van der Waals surface area contributed by atoms with Crippen molar-refractivity contribution < 1.29 is 28.9 Å². The standard InChI is InChI=1S/C8H13N5O6/c1-18-13-7(3(9)14,4(10)15)2-8(19-13,5(11)16)6(12)17/h2H2,1H3,(H2,9,14)(H2,10,15)(H2,11,16)(H2,12,17). The van der Waals surface area contributed by atoms with E-state index in [9.17, 15) is 19.2 Å². The van der Waals surface area contributed by atoms with E-state index in [1.807, 2.05) is 0 Å². The zero-order valence-corrected chi connectivity index (χ0v) is 9.91. The summed E-state index contributed by atoms with van der Waals surface area (Å²) in [5, 5.41) is 0.257. The van der Waals surface area contributed by atoms with Crippen LogP contribution in [0.5, 0.6) is 0 Å². The Kier molecular flexibility index (Phi) is 3.48. The zero-order valence-electron chi connectivity index (χ0n) is 9.91. The molecule has 1 aliphatic heterocycles. The quantitative estimate of drug-likeness (QED) is 0.363. The van der Waals surface area contributed by atoms with E-state index in [1.54, 1.807) is 0 Å². The largest absolute Gasteiger partial charge is 0.367 e. The van der Waals surface area contributed by atoms with Gasteiger partial charge in [0.25, 0.3) is 23.6 Å². The normalized spacial score (nSPS) is 20.9. The molecule has 0 saturated carbocycles. The minimum Gasteiger partial charge on any atom is -0.367 e. The highest BCUT2D eigenvalue weighted by atomic mass is 17.0. The van der Waals surface area contributed by atoms with Crippen molar-refractivity contribution in [1.29, 1.82) is 0 Å². The highest BCUT2D eigenvalue weighted by Crippen LogP contribution is 2.38. The first-order chi connectivity index (χ1) is 8.65. The van der Waals surface area contributed by atoms with Crippen molar-refractivity contribution in [2.24, 2.45) is 22.9 Å². The monoisotopic (exact) mass is 275 g/mol. The minimum absolute atomic E-state index is 0.257. The molecular weight excluding hydrogens is 262 g/mol. The fourth-order valence-corrected chi connectivity index (χ4v) is 1.73. The Morgan fingerprint density at radius 3 is 1.63 bits per heavy atom. The van der Waals surface area contributed by atoms with Crippen molar-refractivity contribution in [1.82, 2.24) is 5.23 Å². The molecule has 1 heterocycles. The topological polar surface area (TPSA) is 194 Å². The second-order valence-corrected chi connectivity index (χ2v) is 3.85. The number of carbonyl (C=O) groups is 4. The fraction of sp³-hybridized carbons (Fsp3) is 0.500. The number of amides is 4. The number of nitrogens with two attached hydrogens (primary N) is 4. The molecule has 1 saturated heterocycles. The summed E-state index contributed by atoms with van der Waals surface area (Å²) < 4.78 is 0. The van der Waals surface area contributed by atoms with Crippen LogP contribution >= 0.6 is 0 Å². The number of hydroxylamine groups is 2. The Bertz CT molecular complexity index is 435. The molecule has 0 atom stereocenters. The third-order valence-electron chi connectivity index (χ3n) is 2.83. The first-order valence-corrected chi connectivity index (χ1v) is 4.88. The summed E-state index contributed by atoms with van der Waals surface area (Å²) in [6.45, 7) is 0. The molecule has 4 amide bonds. The third-order valence-corrected chi connectivity index (χ3v) is 2.83. The van der Waals surface area contributed by atoms with Gasteiger partial charge in [-0.05, 0) is 5.23 Å². The van der Waals surface area contributed by atoms with Gasteiger partial charge in [-0.1, -0.05) is 0 Å². The van der Waals surface area contributed by atoms with E-state index in [0.717, 1.165) is 7.11 Å². The second-order valence-electron chi connectivity index (χ2n) is 3.85. The molecule has 0 aliphatic carbocycles. The lowest BCUT2D eigenvalue weighted by atomic mass is 9.84. The molecule has 106 valence electrons. The minimum atomic E-state index is -2.46. The van der Waals surface area contributed by atoms with Gasteiger partial charge in [0.1, 0.15) is 0 Å². The van der Waals surface area contributed by atoms with E-state index in [1.165, 1.54) is 0 Å². The smallest absolute Gasteiger partial charge is 0.261 e. The lowest BCUT2D eigenvalue weighted by molar-refractivity contribution is -0.370. The third kappa shape index (κ3) is 1.80. The first kappa shape index (κ1) is 14.8. The van der Waals surface area contributed by atoms with E-state index < -0.39 is 41.2 Å². The van der Waals surface area contributed by atoms with Crippen LogP contribution in [0.1, 0.15) is 6.42 Å². The van der Waals surface area contributed by atoms with Gasteiger partial charge in [0, 0.05) is 6.42 Å². The van der Waals surface area contributed by atoms with Crippen molar-refractivity contribution in [2.75, 3.05) is 7.11 Å². The maximum atomic E-state index is 11.5. The molecule has 0 radical (unpaired) electrons. The average Bonchev–Trinajstić information content (AvgIpc) is 2.66. The summed E-state index contributed by atoms with van der Waals surface area (Å²) in [7, 11) is 0.999. The van der Waals surface area contributed by atoms with Crippen LogP contribution in [0.2, 0.25) is 0 Å². The predicted molar refractivity (Wildman–Crippen MR) is 56.8 cm³/mol. The SMILES string of the molecule is CON1OC(C(N)=O)(C(N)=O)CC1(C(N)=O)C(N)=O. The molecular formula is C8H13N5O6. The van der Waals surface area contributed by atoms with Gasteiger partial charge in [-0.25, -0.2) is 4.84 Å².